The van der Waals surface area contributed by atoms with Gasteiger partial charge < -0.3 is 15.5 Å². The van der Waals surface area contributed by atoms with Crippen LogP contribution in [0.4, 0.5) is 17.1 Å². The highest BCUT2D eigenvalue weighted by Crippen LogP contribution is 2.57. The van der Waals surface area contributed by atoms with Gasteiger partial charge in [0.15, 0.2) is 5.78 Å². The summed E-state index contributed by atoms with van der Waals surface area (Å²) in [6.45, 7) is 0. The van der Waals surface area contributed by atoms with Crippen LogP contribution in [0.15, 0.2) is 109 Å². The van der Waals surface area contributed by atoms with Crippen molar-refractivity contribution in [2.75, 3.05) is 15.5 Å². The van der Waals surface area contributed by atoms with Gasteiger partial charge in [-0.25, -0.2) is 0 Å². The van der Waals surface area contributed by atoms with Gasteiger partial charge in [-0.3, -0.25) is 14.4 Å². The number of anilines is 3. The molecule has 2 amide bonds. The molecule has 0 radical (unpaired) electrons. The molecule has 0 bridgehead atoms. The summed E-state index contributed by atoms with van der Waals surface area (Å²) in [5.74, 6) is -1.94. The van der Waals surface area contributed by atoms with Gasteiger partial charge in [0, 0.05) is 27.6 Å². The highest BCUT2D eigenvalue weighted by atomic mass is 35.5. The molecule has 40 heavy (non-hydrogen) atoms. The Morgan fingerprint density at radius 2 is 1.55 bits per heavy atom. The minimum absolute atomic E-state index is 0.260. The Kier molecular flexibility index (Phi) is 5.61. The molecule has 1 spiro atoms. The summed E-state index contributed by atoms with van der Waals surface area (Å²) in [4.78, 5) is 45.2. The van der Waals surface area contributed by atoms with Gasteiger partial charge >= 0.3 is 0 Å². The number of para-hydroxylation sites is 2. The van der Waals surface area contributed by atoms with Crippen LogP contribution in [0.2, 0.25) is 5.02 Å². The molecule has 4 aromatic rings. The fourth-order valence-electron chi connectivity index (χ4n) is 6.65. The fraction of sp³-hybridized carbons (Fsp3) is 0.121. The average molecular weight is 546 g/mol. The van der Waals surface area contributed by atoms with E-state index in [0.29, 0.717) is 22.0 Å². The molecule has 0 aromatic heterocycles. The number of carbonyl (C=O) groups excluding carboxylic acids is 3. The molecule has 3 aliphatic heterocycles. The van der Waals surface area contributed by atoms with E-state index >= 15 is 0 Å². The first-order valence-electron chi connectivity index (χ1n) is 13.1. The van der Waals surface area contributed by atoms with E-state index in [9.17, 15) is 14.4 Å². The summed E-state index contributed by atoms with van der Waals surface area (Å²) in [5, 5.41) is 6.60. The van der Waals surface area contributed by atoms with Crippen LogP contribution in [0.1, 0.15) is 21.5 Å². The number of hydrogen-bond donors (Lipinski definition) is 2. The lowest BCUT2D eigenvalue weighted by atomic mass is 9.64. The van der Waals surface area contributed by atoms with Gasteiger partial charge in [0.2, 0.25) is 11.8 Å². The summed E-state index contributed by atoms with van der Waals surface area (Å²) in [6.07, 6.45) is 3.95. The van der Waals surface area contributed by atoms with Crippen molar-refractivity contribution in [1.82, 2.24) is 0 Å². The van der Waals surface area contributed by atoms with Crippen LogP contribution in [0.25, 0.3) is 6.08 Å². The van der Waals surface area contributed by atoms with E-state index in [0.717, 1.165) is 16.8 Å². The van der Waals surface area contributed by atoms with E-state index in [1.807, 2.05) is 71.6 Å². The van der Waals surface area contributed by atoms with Crippen LogP contribution in [-0.4, -0.2) is 29.7 Å². The average Bonchev–Trinajstić information content (AvgIpc) is 3.47. The van der Waals surface area contributed by atoms with Crippen molar-refractivity contribution in [3.05, 3.63) is 131 Å². The summed E-state index contributed by atoms with van der Waals surface area (Å²) < 4.78 is 0. The van der Waals surface area contributed by atoms with Gasteiger partial charge in [-0.1, -0.05) is 90.5 Å². The van der Waals surface area contributed by atoms with Crippen LogP contribution in [0.5, 0.6) is 0 Å². The van der Waals surface area contributed by atoms with Crippen molar-refractivity contribution in [2.45, 2.75) is 17.5 Å². The van der Waals surface area contributed by atoms with Crippen molar-refractivity contribution in [3.63, 3.8) is 0 Å². The topological polar surface area (TPSA) is 78.5 Å². The number of carbonyl (C=O) groups is 3. The lowest BCUT2D eigenvalue weighted by Crippen LogP contribution is -2.51. The second kappa shape index (κ2) is 9.21. The zero-order valence-corrected chi connectivity index (χ0v) is 22.0. The molecule has 2 N–H and O–H groups in total. The number of Topliss-reactive ketones (excluding diaryl/α,β-unsaturated/α-hetero) is 1. The molecule has 7 rings (SSSR count). The van der Waals surface area contributed by atoms with Crippen LogP contribution < -0.4 is 15.5 Å². The maximum atomic E-state index is 14.6. The van der Waals surface area contributed by atoms with Gasteiger partial charge in [0.05, 0.1) is 12.0 Å². The number of nitrogens with one attached hydrogen (secondary N) is 2. The predicted octanol–water partition coefficient (Wildman–Crippen LogP) is 5.95. The van der Waals surface area contributed by atoms with Gasteiger partial charge in [-0.2, -0.15) is 0 Å². The smallest absolute Gasteiger partial charge is 0.247 e. The summed E-state index contributed by atoms with van der Waals surface area (Å²) in [5.41, 5.74) is 2.75. The number of amides is 2. The Hall–Kier alpha value is -4.68. The molecule has 0 saturated carbocycles. The second-order valence-electron chi connectivity index (χ2n) is 10.3. The van der Waals surface area contributed by atoms with E-state index in [2.05, 4.69) is 10.6 Å². The number of rotatable bonds is 4. The van der Waals surface area contributed by atoms with E-state index in [1.165, 1.54) is 0 Å². The summed E-state index contributed by atoms with van der Waals surface area (Å²) in [7, 11) is 0. The van der Waals surface area contributed by atoms with E-state index in [-0.39, 0.29) is 17.6 Å². The molecule has 1 fully saturated rings. The molecule has 4 atom stereocenters. The molecular formula is C33H24ClN3O3. The third-order valence-corrected chi connectivity index (χ3v) is 8.52. The molecule has 196 valence electrons. The van der Waals surface area contributed by atoms with E-state index in [4.69, 9.17) is 11.6 Å². The number of hydrogen-bond acceptors (Lipinski definition) is 4. The molecule has 4 aromatic carbocycles. The SMILES string of the molecule is O=C(c1ccccc1)[C@@H]1[C@H](C(=O)Nc2ccc(Cl)cc2)N2c3ccccc3C=C[C@@H]2[C@@]12C(=O)Nc1ccccc12. The van der Waals surface area contributed by atoms with Gasteiger partial charge in [-0.15, -0.1) is 0 Å². The lowest BCUT2D eigenvalue weighted by molar-refractivity contribution is -0.122. The Balaban J connectivity index is 1.48. The molecule has 1 saturated heterocycles. The Morgan fingerprint density at radius 1 is 0.850 bits per heavy atom. The number of nitrogens with zero attached hydrogens (tertiary/aromatic N) is 1. The highest BCUT2D eigenvalue weighted by Gasteiger charge is 2.70. The van der Waals surface area contributed by atoms with Crippen molar-refractivity contribution >= 4 is 52.3 Å². The van der Waals surface area contributed by atoms with Crippen LogP contribution >= 0.6 is 11.6 Å². The Labute approximate surface area is 236 Å². The molecule has 3 aliphatic rings. The van der Waals surface area contributed by atoms with Crippen LogP contribution in [0.3, 0.4) is 0 Å². The minimum Gasteiger partial charge on any atom is -0.350 e. The largest absolute Gasteiger partial charge is 0.350 e. The Bertz CT molecular complexity index is 1700. The maximum Gasteiger partial charge on any atom is 0.247 e. The van der Waals surface area contributed by atoms with Crippen molar-refractivity contribution in [2.24, 2.45) is 5.92 Å². The third kappa shape index (κ3) is 3.46. The van der Waals surface area contributed by atoms with Gasteiger partial charge in [0.25, 0.3) is 0 Å². The predicted molar refractivity (Wildman–Crippen MR) is 157 cm³/mol. The highest BCUT2D eigenvalue weighted by molar-refractivity contribution is 6.30. The molecule has 6 nitrogen and oxygen atoms in total. The summed E-state index contributed by atoms with van der Waals surface area (Å²) >= 11 is 6.08. The molecule has 0 aliphatic carbocycles. The number of fused-ring (bicyclic) bond motifs is 6. The maximum absolute atomic E-state index is 14.6. The molecule has 7 heteroatoms. The molecule has 3 heterocycles. The number of halogens is 1. The quantitative estimate of drug-likeness (QED) is 0.311. The van der Waals surface area contributed by atoms with Gasteiger partial charge in [-0.05, 0) is 47.5 Å². The number of benzene rings is 4. The first kappa shape index (κ1) is 24.4. The Morgan fingerprint density at radius 3 is 2.35 bits per heavy atom. The normalized spacial score (nSPS) is 23.8. The van der Waals surface area contributed by atoms with E-state index in [1.54, 1.807) is 48.5 Å². The minimum atomic E-state index is -1.34. The van der Waals surface area contributed by atoms with Crippen molar-refractivity contribution < 1.29 is 14.4 Å². The monoisotopic (exact) mass is 545 g/mol. The molecular weight excluding hydrogens is 522 g/mol. The lowest BCUT2D eigenvalue weighted by Gasteiger charge is -2.37. The first-order chi connectivity index (χ1) is 19.5. The van der Waals surface area contributed by atoms with E-state index < -0.39 is 23.4 Å². The van der Waals surface area contributed by atoms with Gasteiger partial charge in [0.1, 0.15) is 11.5 Å². The number of ketones is 1. The standard InChI is InChI=1S/C33H24ClN3O3/c34-22-15-17-23(18-16-22)35-31(39)29-28(30(38)21-9-2-1-3-10-21)33(24-11-5-6-12-25(24)36-32(33)40)27-19-14-20-8-4-7-13-26(20)37(27)29/h1-19,27-29H,(H,35,39)(H,36,40)/t27-,28+,29-,33-/m1/s1. The van der Waals surface area contributed by atoms with Crippen molar-refractivity contribution in [3.8, 4) is 0 Å². The third-order valence-electron chi connectivity index (χ3n) is 8.26. The van der Waals surface area contributed by atoms with Crippen LogP contribution in [-0.2, 0) is 15.0 Å². The molecule has 0 unspecified atom stereocenters. The van der Waals surface area contributed by atoms with Crippen molar-refractivity contribution in [1.29, 1.82) is 0 Å². The van der Waals surface area contributed by atoms with Crippen LogP contribution in [0, 0.1) is 5.92 Å². The first-order valence-corrected chi connectivity index (χ1v) is 13.5. The zero-order valence-electron chi connectivity index (χ0n) is 21.3. The fourth-order valence-corrected chi connectivity index (χ4v) is 6.78. The second-order valence-corrected chi connectivity index (χ2v) is 10.7. The summed E-state index contributed by atoms with van der Waals surface area (Å²) in [6, 6.07) is 29.4. The zero-order chi connectivity index (χ0) is 27.4.